The molecule has 4 aromatic rings. The average Bonchev–Trinajstić information content (AvgIpc) is 3.17. The number of nitrogens with zero attached hydrogens (tertiary/aromatic N) is 2. The summed E-state index contributed by atoms with van der Waals surface area (Å²) in [5, 5.41) is 4.61. The molecule has 0 aliphatic carbocycles. The number of aromatic nitrogens is 1. The first-order chi connectivity index (χ1) is 16.8. The molecule has 1 saturated heterocycles. The Morgan fingerprint density at radius 3 is 2.31 bits per heavy atom. The fraction of sp³-hybridized carbons (Fsp3) is 0.0385. The summed E-state index contributed by atoms with van der Waals surface area (Å²) in [4.78, 5) is 39.3. The molecule has 1 fully saturated rings. The Labute approximate surface area is 215 Å². The fourth-order valence-electron chi connectivity index (χ4n) is 3.99. The number of carbonyl (C=O) groups is 3. The van der Waals surface area contributed by atoms with E-state index in [2.05, 4.69) is 5.32 Å². The molecule has 174 valence electrons. The lowest BCUT2D eigenvalue weighted by Gasteiger charge is -2.26. The highest BCUT2D eigenvalue weighted by molar-refractivity contribution is 6.39. The van der Waals surface area contributed by atoms with E-state index in [1.807, 2.05) is 41.1 Å². The summed E-state index contributed by atoms with van der Waals surface area (Å²) in [6.45, 7) is 0.454. The number of imide groups is 2. The third kappa shape index (κ3) is 4.44. The lowest BCUT2D eigenvalue weighted by atomic mass is 10.1. The number of amides is 4. The van der Waals surface area contributed by atoms with E-state index < -0.39 is 17.8 Å². The van der Waals surface area contributed by atoms with E-state index >= 15 is 0 Å². The molecule has 0 spiro atoms. The van der Waals surface area contributed by atoms with Gasteiger partial charge in [-0.1, -0.05) is 59.1 Å². The first kappa shape index (κ1) is 23.2. The van der Waals surface area contributed by atoms with E-state index in [9.17, 15) is 14.4 Å². The monoisotopic (exact) mass is 523 g/mol. The normalized spacial score (nSPS) is 15.2. The van der Waals surface area contributed by atoms with Gasteiger partial charge in [0.1, 0.15) is 5.57 Å². The van der Waals surface area contributed by atoms with Gasteiger partial charge in [0.15, 0.2) is 0 Å². The van der Waals surface area contributed by atoms with Crippen molar-refractivity contribution in [2.45, 2.75) is 6.54 Å². The van der Waals surface area contributed by atoms with Crippen molar-refractivity contribution in [1.29, 1.82) is 0 Å². The maximum atomic E-state index is 13.3. The van der Waals surface area contributed by atoms with Gasteiger partial charge in [0.2, 0.25) is 0 Å². The Morgan fingerprint density at radius 2 is 1.57 bits per heavy atom. The molecule has 2 heterocycles. The molecule has 4 amide bonds. The summed E-state index contributed by atoms with van der Waals surface area (Å²) in [5.41, 5.74) is 2.54. The predicted molar refractivity (Wildman–Crippen MR) is 138 cm³/mol. The van der Waals surface area contributed by atoms with Crippen molar-refractivity contribution in [3.8, 4) is 0 Å². The molecule has 0 atom stereocenters. The van der Waals surface area contributed by atoms with Crippen LogP contribution in [0.5, 0.6) is 0 Å². The number of hydrogen-bond donors (Lipinski definition) is 1. The van der Waals surface area contributed by atoms with Crippen molar-refractivity contribution >= 4 is 75.3 Å². The standard InChI is InChI=1S/C26H16Cl3N3O3/c27-17-7-9-19(10-8-17)32-25(34)21(24(33)30-26(32)35)11-16-14-31(23-4-2-1-3-20(16)23)13-15-5-6-18(28)12-22(15)29/h1-12,14H,13H2,(H,30,33,35)/b21-11+. The van der Waals surface area contributed by atoms with E-state index in [0.29, 0.717) is 32.9 Å². The Morgan fingerprint density at radius 1 is 0.857 bits per heavy atom. The largest absolute Gasteiger partial charge is 0.342 e. The molecule has 0 unspecified atom stereocenters. The maximum Gasteiger partial charge on any atom is 0.335 e. The van der Waals surface area contributed by atoms with E-state index in [-0.39, 0.29) is 5.57 Å². The summed E-state index contributed by atoms with van der Waals surface area (Å²) in [6, 6.07) is 18.3. The van der Waals surface area contributed by atoms with E-state index in [1.54, 1.807) is 24.3 Å². The predicted octanol–water partition coefficient (Wildman–Crippen LogP) is 6.32. The maximum absolute atomic E-state index is 13.3. The molecule has 1 aliphatic rings. The lowest BCUT2D eigenvalue weighted by molar-refractivity contribution is -0.122. The lowest BCUT2D eigenvalue weighted by Crippen LogP contribution is -2.54. The number of benzene rings is 3. The minimum atomic E-state index is -0.820. The average molecular weight is 525 g/mol. The Hall–Kier alpha value is -3.58. The van der Waals surface area contributed by atoms with Gasteiger partial charge in [-0.25, -0.2) is 9.69 Å². The van der Waals surface area contributed by atoms with Gasteiger partial charge in [-0.3, -0.25) is 14.9 Å². The van der Waals surface area contributed by atoms with Crippen molar-refractivity contribution in [2.24, 2.45) is 0 Å². The zero-order chi connectivity index (χ0) is 24.7. The van der Waals surface area contributed by atoms with Crippen LogP contribution in [0.1, 0.15) is 11.1 Å². The number of fused-ring (bicyclic) bond motifs is 1. The van der Waals surface area contributed by atoms with Gasteiger partial charge in [-0.15, -0.1) is 0 Å². The topological polar surface area (TPSA) is 71.4 Å². The SMILES string of the molecule is O=C1NC(=O)N(c2ccc(Cl)cc2)C(=O)/C1=C/c1cn(Cc2ccc(Cl)cc2Cl)c2ccccc12. The van der Waals surface area contributed by atoms with Crippen LogP contribution in [0.4, 0.5) is 10.5 Å². The summed E-state index contributed by atoms with van der Waals surface area (Å²) in [6.07, 6.45) is 3.33. The van der Waals surface area contributed by atoms with Gasteiger partial charge in [0, 0.05) is 44.3 Å². The van der Waals surface area contributed by atoms with Gasteiger partial charge in [-0.2, -0.15) is 0 Å². The summed E-state index contributed by atoms with van der Waals surface area (Å²) in [7, 11) is 0. The smallest absolute Gasteiger partial charge is 0.335 e. The van der Waals surface area contributed by atoms with Crippen LogP contribution in [0.2, 0.25) is 15.1 Å². The molecule has 6 nitrogen and oxygen atoms in total. The molecular weight excluding hydrogens is 509 g/mol. The van der Waals surface area contributed by atoms with Crippen LogP contribution in [0.15, 0.2) is 78.5 Å². The van der Waals surface area contributed by atoms with Crippen molar-refractivity contribution in [2.75, 3.05) is 4.90 Å². The van der Waals surface area contributed by atoms with Crippen molar-refractivity contribution < 1.29 is 14.4 Å². The Kier molecular flexibility index (Phi) is 6.11. The summed E-state index contributed by atoms with van der Waals surface area (Å²) < 4.78 is 1.98. The summed E-state index contributed by atoms with van der Waals surface area (Å²) >= 11 is 18.3. The quantitative estimate of drug-likeness (QED) is 0.251. The highest BCUT2D eigenvalue weighted by atomic mass is 35.5. The molecule has 0 radical (unpaired) electrons. The number of para-hydroxylation sites is 1. The Balaban J connectivity index is 1.57. The zero-order valence-electron chi connectivity index (χ0n) is 18.0. The zero-order valence-corrected chi connectivity index (χ0v) is 20.2. The van der Waals surface area contributed by atoms with Crippen molar-refractivity contribution in [3.05, 3.63) is 105 Å². The number of hydrogen-bond acceptors (Lipinski definition) is 3. The van der Waals surface area contributed by atoms with Gasteiger partial charge in [0.05, 0.1) is 5.69 Å². The van der Waals surface area contributed by atoms with E-state index in [4.69, 9.17) is 34.8 Å². The van der Waals surface area contributed by atoms with Gasteiger partial charge in [-0.05, 0) is 54.1 Å². The van der Waals surface area contributed by atoms with Gasteiger partial charge < -0.3 is 4.57 Å². The van der Waals surface area contributed by atoms with Gasteiger partial charge >= 0.3 is 6.03 Å². The number of anilines is 1. The van der Waals surface area contributed by atoms with E-state index in [1.165, 1.54) is 18.2 Å². The highest BCUT2D eigenvalue weighted by Gasteiger charge is 2.37. The molecule has 9 heteroatoms. The van der Waals surface area contributed by atoms with Crippen LogP contribution < -0.4 is 10.2 Å². The molecule has 35 heavy (non-hydrogen) atoms. The minimum Gasteiger partial charge on any atom is -0.342 e. The molecule has 5 rings (SSSR count). The third-order valence-corrected chi connectivity index (χ3v) is 6.50. The molecular formula is C26H16Cl3N3O3. The molecule has 1 N–H and O–H groups in total. The molecule has 1 aliphatic heterocycles. The van der Waals surface area contributed by atoms with Crippen molar-refractivity contribution in [1.82, 2.24) is 9.88 Å². The molecule has 1 aromatic heterocycles. The third-order valence-electron chi connectivity index (χ3n) is 5.66. The number of nitrogens with one attached hydrogen (secondary N) is 1. The second-order valence-electron chi connectivity index (χ2n) is 7.90. The van der Waals surface area contributed by atoms with Crippen LogP contribution >= 0.6 is 34.8 Å². The minimum absolute atomic E-state index is 0.160. The van der Waals surface area contributed by atoms with Crippen LogP contribution in [0, 0.1) is 0 Å². The molecule has 0 bridgehead atoms. The van der Waals surface area contributed by atoms with E-state index in [0.717, 1.165) is 21.4 Å². The number of barbiturate groups is 1. The van der Waals surface area contributed by atoms with Crippen molar-refractivity contribution in [3.63, 3.8) is 0 Å². The van der Waals surface area contributed by atoms with Crippen LogP contribution in [0.3, 0.4) is 0 Å². The van der Waals surface area contributed by atoms with Crippen LogP contribution in [0.25, 0.3) is 17.0 Å². The first-order valence-electron chi connectivity index (χ1n) is 10.5. The Bertz CT molecular complexity index is 1540. The number of rotatable bonds is 4. The number of carbonyl (C=O) groups excluding carboxylic acids is 3. The second kappa shape index (κ2) is 9.23. The number of halogens is 3. The van der Waals surface area contributed by atoms with Crippen LogP contribution in [-0.4, -0.2) is 22.4 Å². The van der Waals surface area contributed by atoms with Crippen LogP contribution in [-0.2, 0) is 16.1 Å². The van der Waals surface area contributed by atoms with Gasteiger partial charge in [0.25, 0.3) is 11.8 Å². The number of urea groups is 1. The first-order valence-corrected chi connectivity index (χ1v) is 11.6. The highest BCUT2D eigenvalue weighted by Crippen LogP contribution is 2.29. The fourth-order valence-corrected chi connectivity index (χ4v) is 4.59. The molecule has 0 saturated carbocycles. The molecule has 3 aromatic carbocycles. The summed E-state index contributed by atoms with van der Waals surface area (Å²) in [5.74, 6) is -1.48. The second-order valence-corrected chi connectivity index (χ2v) is 9.18.